The molecule has 0 radical (unpaired) electrons. The lowest BCUT2D eigenvalue weighted by Gasteiger charge is -2.11. The number of rotatable bonds is 7. The van der Waals surface area contributed by atoms with Gasteiger partial charge in [-0.2, -0.15) is 0 Å². The molecule has 7 nitrogen and oxygen atoms in total. The van der Waals surface area contributed by atoms with Crippen LogP contribution in [0.15, 0.2) is 60.8 Å². The summed E-state index contributed by atoms with van der Waals surface area (Å²) in [4.78, 5) is 40.7. The van der Waals surface area contributed by atoms with Gasteiger partial charge >= 0.3 is 0 Å². The molecule has 162 valence electrons. The number of hydrogen-bond acceptors (Lipinski definition) is 4. The Labute approximate surface area is 190 Å². The molecule has 0 saturated carbocycles. The van der Waals surface area contributed by atoms with Gasteiger partial charge in [-0.25, -0.2) is 4.98 Å². The smallest absolute Gasteiger partial charge is 0.258 e. The lowest BCUT2D eigenvalue weighted by molar-refractivity contribution is -0.116. The van der Waals surface area contributed by atoms with E-state index < -0.39 is 0 Å². The zero-order chi connectivity index (χ0) is 22.5. The van der Waals surface area contributed by atoms with Crippen molar-refractivity contribution in [1.82, 2.24) is 4.98 Å². The molecule has 2 aromatic carbocycles. The Morgan fingerprint density at radius 1 is 1.06 bits per heavy atom. The number of aromatic nitrogens is 1. The molecule has 3 aromatic rings. The van der Waals surface area contributed by atoms with Crippen molar-refractivity contribution in [3.63, 3.8) is 0 Å². The van der Waals surface area contributed by atoms with E-state index >= 15 is 0 Å². The molecule has 3 N–H and O–H groups in total. The largest absolute Gasteiger partial charge is 0.326 e. The van der Waals surface area contributed by atoms with E-state index in [1.807, 2.05) is 18.2 Å². The lowest BCUT2D eigenvalue weighted by atomic mass is 10.0. The van der Waals surface area contributed by atoms with Crippen LogP contribution in [0.25, 0.3) is 0 Å². The predicted molar refractivity (Wildman–Crippen MR) is 124 cm³/mol. The van der Waals surface area contributed by atoms with Crippen LogP contribution in [0, 0.1) is 0 Å². The lowest BCUT2D eigenvalue weighted by Crippen LogP contribution is -2.18. The summed E-state index contributed by atoms with van der Waals surface area (Å²) < 4.78 is 0. The zero-order valence-corrected chi connectivity index (χ0v) is 17.9. The summed E-state index contributed by atoms with van der Waals surface area (Å²) in [6.07, 6.45) is 3.52. The first-order valence-corrected chi connectivity index (χ1v) is 10.6. The normalized spacial score (nSPS) is 12.1. The van der Waals surface area contributed by atoms with Crippen molar-refractivity contribution in [1.29, 1.82) is 0 Å². The summed E-state index contributed by atoms with van der Waals surface area (Å²) in [7, 11) is 0. The number of pyridine rings is 1. The molecule has 0 saturated heterocycles. The van der Waals surface area contributed by atoms with Gasteiger partial charge < -0.3 is 16.0 Å². The molecule has 0 fully saturated rings. The molecule has 0 spiro atoms. The highest BCUT2D eigenvalue weighted by Gasteiger charge is 2.17. The molecule has 1 aliphatic rings. The van der Waals surface area contributed by atoms with Crippen LogP contribution in [0.4, 0.5) is 17.2 Å². The fourth-order valence-electron chi connectivity index (χ4n) is 3.53. The number of carbonyl (C=O) groups excluding carboxylic acids is 3. The van der Waals surface area contributed by atoms with Gasteiger partial charge in [0.25, 0.3) is 5.91 Å². The molecule has 32 heavy (non-hydrogen) atoms. The van der Waals surface area contributed by atoms with Crippen molar-refractivity contribution in [2.24, 2.45) is 0 Å². The maximum absolute atomic E-state index is 12.7. The number of hydrogen-bond donors (Lipinski definition) is 3. The van der Waals surface area contributed by atoms with Gasteiger partial charge in [0.1, 0.15) is 5.82 Å². The second-order valence-corrected chi connectivity index (χ2v) is 7.92. The van der Waals surface area contributed by atoms with E-state index in [9.17, 15) is 14.4 Å². The molecule has 0 unspecified atom stereocenters. The molecule has 3 amide bonds. The number of halogens is 1. The Kier molecular flexibility index (Phi) is 6.47. The molecule has 1 aliphatic heterocycles. The summed E-state index contributed by atoms with van der Waals surface area (Å²) in [5, 5.41) is 8.81. The van der Waals surface area contributed by atoms with Crippen molar-refractivity contribution in [3.05, 3.63) is 82.5 Å². The third kappa shape index (κ3) is 5.31. The summed E-state index contributed by atoms with van der Waals surface area (Å²) in [5.74, 6) is -0.178. The van der Waals surface area contributed by atoms with E-state index in [2.05, 4.69) is 20.9 Å². The molecule has 4 rings (SSSR count). The van der Waals surface area contributed by atoms with E-state index in [0.29, 0.717) is 41.4 Å². The number of anilines is 3. The first-order valence-electron chi connectivity index (χ1n) is 10.2. The van der Waals surface area contributed by atoms with Crippen LogP contribution in [0.1, 0.15) is 34.3 Å². The number of aryl methyl sites for hydroxylation is 1. The summed E-state index contributed by atoms with van der Waals surface area (Å²) in [6, 6.07) is 15.9. The Morgan fingerprint density at radius 3 is 2.72 bits per heavy atom. The van der Waals surface area contributed by atoms with Crippen molar-refractivity contribution < 1.29 is 14.4 Å². The molecule has 1 aromatic heterocycles. The van der Waals surface area contributed by atoms with Crippen molar-refractivity contribution in [3.8, 4) is 0 Å². The Bertz CT molecular complexity index is 1180. The molecule has 8 heteroatoms. The van der Waals surface area contributed by atoms with Gasteiger partial charge in [0.15, 0.2) is 0 Å². The molecule has 0 bridgehead atoms. The fourth-order valence-corrected chi connectivity index (χ4v) is 3.64. The molecule has 0 aliphatic carbocycles. The first kappa shape index (κ1) is 21.5. The topological polar surface area (TPSA) is 100 Å². The maximum atomic E-state index is 12.7. The van der Waals surface area contributed by atoms with Crippen LogP contribution in [0.2, 0.25) is 5.02 Å². The summed E-state index contributed by atoms with van der Waals surface area (Å²) in [6.45, 7) is 0. The summed E-state index contributed by atoms with van der Waals surface area (Å²) in [5.41, 5.74) is 3.72. The first-order chi connectivity index (χ1) is 15.5. The summed E-state index contributed by atoms with van der Waals surface area (Å²) >= 11 is 5.82. The van der Waals surface area contributed by atoms with Crippen molar-refractivity contribution in [2.75, 3.05) is 16.0 Å². The van der Waals surface area contributed by atoms with Crippen LogP contribution in [0.3, 0.4) is 0 Å². The number of benzene rings is 2. The third-order valence-electron chi connectivity index (χ3n) is 5.08. The number of fused-ring (bicyclic) bond motifs is 1. The SMILES string of the molecule is O=C1Cc2cc(CCCC(=O)Nc3ccccc3C(=O)Nc3ccc(Cl)cn3)ccc2N1. The quantitative estimate of drug-likeness (QED) is 0.497. The number of nitrogens with one attached hydrogen (secondary N) is 3. The highest BCUT2D eigenvalue weighted by atomic mass is 35.5. The molecular formula is C24H21ClN4O3. The Morgan fingerprint density at radius 2 is 1.91 bits per heavy atom. The van der Waals surface area contributed by atoms with Gasteiger partial charge in [-0.05, 0) is 54.3 Å². The number of para-hydroxylation sites is 1. The van der Waals surface area contributed by atoms with Crippen molar-refractivity contribution in [2.45, 2.75) is 25.7 Å². The van der Waals surface area contributed by atoms with E-state index in [1.165, 1.54) is 6.20 Å². The van der Waals surface area contributed by atoms with Gasteiger partial charge in [-0.3, -0.25) is 14.4 Å². The number of nitrogens with zero attached hydrogens (tertiary/aromatic N) is 1. The average Bonchev–Trinajstić information content (AvgIpc) is 3.15. The highest BCUT2D eigenvalue weighted by Crippen LogP contribution is 2.24. The van der Waals surface area contributed by atoms with Crippen LogP contribution < -0.4 is 16.0 Å². The minimum Gasteiger partial charge on any atom is -0.326 e. The molecule has 0 atom stereocenters. The van der Waals surface area contributed by atoms with Gasteiger partial charge in [-0.1, -0.05) is 35.9 Å². The van der Waals surface area contributed by atoms with Gasteiger partial charge in [0.05, 0.1) is 22.7 Å². The van der Waals surface area contributed by atoms with E-state index in [4.69, 9.17) is 11.6 Å². The van der Waals surface area contributed by atoms with Crippen molar-refractivity contribution >= 4 is 46.5 Å². The second-order valence-electron chi connectivity index (χ2n) is 7.48. The van der Waals surface area contributed by atoms with E-state index in [1.54, 1.807) is 36.4 Å². The van der Waals surface area contributed by atoms with Gasteiger partial charge in [0, 0.05) is 18.3 Å². The Balaban J connectivity index is 1.32. The van der Waals surface area contributed by atoms with Crippen LogP contribution in [0.5, 0.6) is 0 Å². The fraction of sp³-hybridized carbons (Fsp3) is 0.167. The van der Waals surface area contributed by atoms with Crippen LogP contribution in [-0.2, 0) is 22.4 Å². The maximum Gasteiger partial charge on any atom is 0.258 e. The zero-order valence-electron chi connectivity index (χ0n) is 17.2. The molecule has 2 heterocycles. The standard InChI is InChI=1S/C24H21ClN4O3/c25-17-9-11-21(26-14-17)29-24(32)18-5-1-2-6-20(18)28-22(30)7-3-4-15-8-10-19-16(12-15)13-23(31)27-19/h1-2,5-6,8-12,14H,3-4,7,13H2,(H,27,31)(H,28,30)(H,26,29,32). The predicted octanol–water partition coefficient (Wildman–Crippen LogP) is 4.44. The number of carbonyl (C=O) groups is 3. The van der Waals surface area contributed by atoms with Crippen LogP contribution >= 0.6 is 11.6 Å². The van der Waals surface area contributed by atoms with Crippen LogP contribution in [-0.4, -0.2) is 22.7 Å². The minimum absolute atomic E-state index is 0.00562. The third-order valence-corrected chi connectivity index (χ3v) is 5.30. The van der Waals surface area contributed by atoms with E-state index in [0.717, 1.165) is 23.2 Å². The monoisotopic (exact) mass is 448 g/mol. The highest BCUT2D eigenvalue weighted by molar-refractivity contribution is 6.30. The second kappa shape index (κ2) is 9.62. The molecular weight excluding hydrogens is 428 g/mol. The minimum atomic E-state index is -0.378. The Hall–Kier alpha value is -3.71. The average molecular weight is 449 g/mol. The van der Waals surface area contributed by atoms with Gasteiger partial charge in [0.2, 0.25) is 11.8 Å². The van der Waals surface area contributed by atoms with Gasteiger partial charge in [-0.15, -0.1) is 0 Å². The van der Waals surface area contributed by atoms with E-state index in [-0.39, 0.29) is 17.7 Å². The number of amides is 3.